The van der Waals surface area contributed by atoms with Gasteiger partial charge in [0.1, 0.15) is 0 Å². The van der Waals surface area contributed by atoms with Crippen molar-refractivity contribution in [2.45, 2.75) is 51.6 Å². The maximum absolute atomic E-state index is 3.30. The van der Waals surface area contributed by atoms with E-state index in [1.54, 1.807) is 0 Å². The predicted octanol–water partition coefficient (Wildman–Crippen LogP) is 2.27. The molecule has 72 valence electrons. The summed E-state index contributed by atoms with van der Waals surface area (Å²) in [4.78, 5) is 2.62. The fourth-order valence-electron chi connectivity index (χ4n) is 2.62. The number of rotatable bonds is 1. The van der Waals surface area contributed by atoms with Crippen LogP contribution in [0.15, 0.2) is 0 Å². The van der Waals surface area contributed by atoms with E-state index >= 15 is 0 Å². The molecule has 0 aromatic carbocycles. The molecule has 1 heteroatoms. The van der Waals surface area contributed by atoms with Crippen molar-refractivity contribution in [3.05, 3.63) is 0 Å². The summed E-state index contributed by atoms with van der Waals surface area (Å²) in [5, 5.41) is 0. The van der Waals surface area contributed by atoms with Crippen molar-refractivity contribution >= 4 is 0 Å². The van der Waals surface area contributed by atoms with Gasteiger partial charge >= 0.3 is 0 Å². The minimum absolute atomic E-state index is 0.528. The van der Waals surface area contributed by atoms with E-state index in [0.29, 0.717) is 5.92 Å². The third-order valence-corrected chi connectivity index (χ3v) is 3.26. The molecular formula is C12H19N. The van der Waals surface area contributed by atoms with E-state index < -0.39 is 0 Å². The first-order valence-electron chi connectivity index (χ1n) is 5.51. The lowest BCUT2D eigenvalue weighted by molar-refractivity contribution is 0.286. The van der Waals surface area contributed by atoms with Crippen LogP contribution in [0.4, 0.5) is 0 Å². The van der Waals surface area contributed by atoms with Crippen LogP contribution in [0.5, 0.6) is 0 Å². The monoisotopic (exact) mass is 177 g/mol. The van der Waals surface area contributed by atoms with Crippen LogP contribution in [0, 0.1) is 17.8 Å². The van der Waals surface area contributed by atoms with Crippen molar-refractivity contribution in [3.8, 4) is 11.8 Å². The van der Waals surface area contributed by atoms with E-state index in [4.69, 9.17) is 0 Å². The standard InChI is InChI=1S/C12H19N/c1-10(2)4-3-9-13-11-5-6-12(13)8-7-11/h10-12H,5-9H2,1-2H3. The second-order valence-corrected chi connectivity index (χ2v) is 4.61. The Kier molecular flexibility index (Phi) is 2.60. The van der Waals surface area contributed by atoms with Crippen LogP contribution in [-0.2, 0) is 0 Å². The molecule has 2 saturated heterocycles. The Bertz CT molecular complexity index is 213. The van der Waals surface area contributed by atoms with E-state index in [1.165, 1.54) is 25.7 Å². The van der Waals surface area contributed by atoms with Crippen molar-refractivity contribution in [1.82, 2.24) is 4.90 Å². The lowest BCUT2D eigenvalue weighted by Gasteiger charge is -2.17. The fourth-order valence-corrected chi connectivity index (χ4v) is 2.62. The van der Waals surface area contributed by atoms with Crippen molar-refractivity contribution in [3.63, 3.8) is 0 Å². The molecule has 0 saturated carbocycles. The molecule has 1 nitrogen and oxygen atoms in total. The highest BCUT2D eigenvalue weighted by atomic mass is 15.2. The van der Waals surface area contributed by atoms with Gasteiger partial charge in [-0.1, -0.05) is 25.7 Å². The molecule has 0 aromatic heterocycles. The summed E-state index contributed by atoms with van der Waals surface area (Å²) in [5.41, 5.74) is 0. The Morgan fingerprint density at radius 2 is 1.69 bits per heavy atom. The van der Waals surface area contributed by atoms with Gasteiger partial charge in [0.15, 0.2) is 0 Å². The fraction of sp³-hybridized carbons (Fsp3) is 0.833. The quantitative estimate of drug-likeness (QED) is 0.555. The first kappa shape index (κ1) is 9.09. The molecule has 0 aliphatic carbocycles. The largest absolute Gasteiger partial charge is 0.286 e. The molecule has 0 unspecified atom stereocenters. The third kappa shape index (κ3) is 1.89. The van der Waals surface area contributed by atoms with Gasteiger partial charge in [-0.15, -0.1) is 0 Å². The van der Waals surface area contributed by atoms with Crippen molar-refractivity contribution in [2.75, 3.05) is 6.54 Å². The van der Waals surface area contributed by atoms with E-state index in [2.05, 4.69) is 30.6 Å². The van der Waals surface area contributed by atoms with E-state index in [-0.39, 0.29) is 0 Å². The molecule has 2 aliphatic rings. The SMILES string of the molecule is CC(C)C#CCN1C2CCC1CC2. The van der Waals surface area contributed by atoms with Gasteiger partial charge in [0.05, 0.1) is 6.54 Å². The zero-order valence-corrected chi connectivity index (χ0v) is 8.71. The normalized spacial score (nSPS) is 32.2. The van der Waals surface area contributed by atoms with Crippen molar-refractivity contribution in [1.29, 1.82) is 0 Å². The Balaban J connectivity index is 1.87. The molecule has 2 rings (SSSR count). The molecular weight excluding hydrogens is 158 g/mol. The third-order valence-electron chi connectivity index (χ3n) is 3.26. The number of fused-ring (bicyclic) bond motifs is 2. The summed E-state index contributed by atoms with van der Waals surface area (Å²) in [7, 11) is 0. The minimum atomic E-state index is 0.528. The number of hydrogen-bond donors (Lipinski definition) is 0. The summed E-state index contributed by atoms with van der Waals surface area (Å²) >= 11 is 0. The molecule has 0 aromatic rings. The van der Waals surface area contributed by atoms with Crippen molar-refractivity contribution in [2.24, 2.45) is 5.92 Å². The molecule has 2 fully saturated rings. The number of hydrogen-bond acceptors (Lipinski definition) is 1. The average Bonchev–Trinajstić information content (AvgIpc) is 2.64. The van der Waals surface area contributed by atoms with E-state index in [9.17, 15) is 0 Å². The summed E-state index contributed by atoms with van der Waals surface area (Å²) in [6.45, 7) is 5.34. The molecule has 0 spiro atoms. The smallest absolute Gasteiger partial charge is 0.0606 e. The highest BCUT2D eigenvalue weighted by Crippen LogP contribution is 2.36. The number of nitrogens with zero attached hydrogens (tertiary/aromatic N) is 1. The summed E-state index contributed by atoms with van der Waals surface area (Å²) < 4.78 is 0. The van der Waals surface area contributed by atoms with Gasteiger partial charge in [-0.05, 0) is 25.7 Å². The molecule has 2 aliphatic heterocycles. The zero-order chi connectivity index (χ0) is 9.26. The molecule has 13 heavy (non-hydrogen) atoms. The van der Waals surface area contributed by atoms with Gasteiger partial charge in [0.25, 0.3) is 0 Å². The maximum Gasteiger partial charge on any atom is 0.0606 e. The highest BCUT2D eigenvalue weighted by molar-refractivity contribution is 5.07. The highest BCUT2D eigenvalue weighted by Gasteiger charge is 2.38. The average molecular weight is 177 g/mol. The minimum Gasteiger partial charge on any atom is -0.286 e. The van der Waals surface area contributed by atoms with E-state index in [1.807, 2.05) is 0 Å². The van der Waals surface area contributed by atoms with Gasteiger partial charge in [-0.3, -0.25) is 4.90 Å². The van der Waals surface area contributed by atoms with Crippen molar-refractivity contribution < 1.29 is 0 Å². The molecule has 2 bridgehead atoms. The van der Waals surface area contributed by atoms with Crippen LogP contribution in [0.1, 0.15) is 39.5 Å². The van der Waals surface area contributed by atoms with E-state index in [0.717, 1.165) is 18.6 Å². The zero-order valence-electron chi connectivity index (χ0n) is 8.71. The van der Waals surface area contributed by atoms with Gasteiger partial charge in [-0.2, -0.15) is 0 Å². The van der Waals surface area contributed by atoms with Gasteiger partial charge in [0.2, 0.25) is 0 Å². The van der Waals surface area contributed by atoms with Gasteiger partial charge < -0.3 is 0 Å². The topological polar surface area (TPSA) is 3.24 Å². The van der Waals surface area contributed by atoms with Gasteiger partial charge in [0, 0.05) is 18.0 Å². The van der Waals surface area contributed by atoms with Crippen LogP contribution in [0.3, 0.4) is 0 Å². The summed E-state index contributed by atoms with van der Waals surface area (Å²) in [5.74, 6) is 7.08. The first-order valence-corrected chi connectivity index (χ1v) is 5.51. The Labute approximate surface area is 81.5 Å². The molecule has 2 heterocycles. The molecule has 0 atom stereocenters. The Hall–Kier alpha value is -0.480. The Morgan fingerprint density at radius 1 is 1.15 bits per heavy atom. The molecule has 0 amide bonds. The second-order valence-electron chi connectivity index (χ2n) is 4.61. The summed E-state index contributed by atoms with van der Waals surface area (Å²) in [6.07, 6.45) is 5.70. The maximum atomic E-state index is 3.30. The van der Waals surface area contributed by atoms with Crippen LogP contribution < -0.4 is 0 Å². The predicted molar refractivity (Wildman–Crippen MR) is 55.4 cm³/mol. The summed E-state index contributed by atoms with van der Waals surface area (Å²) in [6, 6.07) is 1.76. The Morgan fingerprint density at radius 3 is 2.15 bits per heavy atom. The molecule has 0 radical (unpaired) electrons. The molecule has 0 N–H and O–H groups in total. The van der Waals surface area contributed by atoms with Crippen LogP contribution in [0.2, 0.25) is 0 Å². The second kappa shape index (κ2) is 3.72. The van der Waals surface area contributed by atoms with Gasteiger partial charge in [-0.25, -0.2) is 0 Å². The van der Waals surface area contributed by atoms with Crippen LogP contribution in [0.25, 0.3) is 0 Å². The van der Waals surface area contributed by atoms with Crippen LogP contribution >= 0.6 is 0 Å². The van der Waals surface area contributed by atoms with Crippen LogP contribution in [-0.4, -0.2) is 23.5 Å². The lowest BCUT2D eigenvalue weighted by atomic mass is 10.0. The lowest BCUT2D eigenvalue weighted by Crippen LogP contribution is -2.28. The first-order chi connectivity index (χ1) is 6.27.